The molecule has 18 heavy (non-hydrogen) atoms. The number of benzene rings is 1. The number of carbonyl (C=O) groups excluding carboxylic acids is 1. The molecule has 1 aliphatic carbocycles. The largest absolute Gasteiger partial charge is 0.496 e. The summed E-state index contributed by atoms with van der Waals surface area (Å²) in [6.45, 7) is 2.75. The molecule has 0 bridgehead atoms. The van der Waals surface area contributed by atoms with Gasteiger partial charge in [0.1, 0.15) is 5.75 Å². The summed E-state index contributed by atoms with van der Waals surface area (Å²) in [4.78, 5) is 11.6. The highest BCUT2D eigenvalue weighted by Gasteiger charge is 2.46. The molecule has 1 N–H and O–H groups in total. The monoisotopic (exact) mass is 247 g/mol. The van der Waals surface area contributed by atoms with Crippen molar-refractivity contribution in [3.8, 4) is 5.75 Å². The summed E-state index contributed by atoms with van der Waals surface area (Å²) in [5.41, 5.74) is 1.33. The number of rotatable bonds is 6. The smallest absolute Gasteiger partial charge is 0.220 e. The highest BCUT2D eigenvalue weighted by molar-refractivity contribution is 5.76. The molecule has 2 rings (SSSR count). The maximum absolute atomic E-state index is 11.6. The van der Waals surface area contributed by atoms with E-state index in [0.717, 1.165) is 31.6 Å². The maximum atomic E-state index is 11.6. The van der Waals surface area contributed by atoms with Crippen LogP contribution in [0.2, 0.25) is 0 Å². The van der Waals surface area contributed by atoms with Crippen LogP contribution in [0.3, 0.4) is 0 Å². The van der Waals surface area contributed by atoms with Gasteiger partial charge in [-0.05, 0) is 25.3 Å². The van der Waals surface area contributed by atoms with E-state index >= 15 is 0 Å². The third kappa shape index (κ3) is 2.66. The molecule has 3 heteroatoms. The Morgan fingerprint density at radius 2 is 2.11 bits per heavy atom. The minimum absolute atomic E-state index is 0.107. The van der Waals surface area contributed by atoms with Gasteiger partial charge in [-0.25, -0.2) is 0 Å². The second-order valence-corrected chi connectivity index (χ2v) is 5.01. The molecule has 1 saturated carbocycles. The van der Waals surface area contributed by atoms with Gasteiger partial charge in [-0.1, -0.05) is 25.1 Å². The number of para-hydroxylation sites is 1. The number of hydrogen-bond acceptors (Lipinski definition) is 2. The molecule has 1 fully saturated rings. The summed E-state index contributed by atoms with van der Waals surface area (Å²) in [5.74, 6) is 1.08. The summed E-state index contributed by atoms with van der Waals surface area (Å²) in [6, 6.07) is 8.11. The standard InChI is InChI=1S/C15H21NO2/c1-3-6-14(17)16-11-15(9-10-15)12-7-4-5-8-13(12)18-2/h4-5,7-8H,3,6,9-11H2,1-2H3,(H,16,17). The average Bonchev–Trinajstić information content (AvgIpc) is 3.18. The van der Waals surface area contributed by atoms with Gasteiger partial charge in [0.05, 0.1) is 7.11 Å². The quantitative estimate of drug-likeness (QED) is 0.839. The molecule has 98 valence electrons. The van der Waals surface area contributed by atoms with Gasteiger partial charge >= 0.3 is 0 Å². The summed E-state index contributed by atoms with van der Waals surface area (Å²) >= 11 is 0. The minimum Gasteiger partial charge on any atom is -0.496 e. The van der Waals surface area contributed by atoms with Crippen LogP contribution >= 0.6 is 0 Å². The van der Waals surface area contributed by atoms with E-state index < -0.39 is 0 Å². The van der Waals surface area contributed by atoms with Crippen molar-refractivity contribution in [2.75, 3.05) is 13.7 Å². The van der Waals surface area contributed by atoms with Crippen molar-refractivity contribution in [2.24, 2.45) is 0 Å². The van der Waals surface area contributed by atoms with Crippen LogP contribution in [-0.2, 0) is 10.2 Å². The fraction of sp³-hybridized carbons (Fsp3) is 0.533. The average molecular weight is 247 g/mol. The van der Waals surface area contributed by atoms with E-state index in [-0.39, 0.29) is 11.3 Å². The molecule has 0 atom stereocenters. The Morgan fingerprint density at radius 1 is 1.39 bits per heavy atom. The number of amides is 1. The van der Waals surface area contributed by atoms with E-state index in [1.807, 2.05) is 25.1 Å². The van der Waals surface area contributed by atoms with Crippen LogP contribution in [0, 0.1) is 0 Å². The number of hydrogen-bond donors (Lipinski definition) is 1. The zero-order valence-corrected chi connectivity index (χ0v) is 11.2. The van der Waals surface area contributed by atoms with E-state index in [2.05, 4.69) is 11.4 Å². The first-order valence-electron chi connectivity index (χ1n) is 6.62. The van der Waals surface area contributed by atoms with Gasteiger partial charge in [-0.15, -0.1) is 0 Å². The minimum atomic E-state index is 0.107. The summed E-state index contributed by atoms with van der Waals surface area (Å²) in [5, 5.41) is 3.04. The molecule has 1 aromatic rings. The molecule has 0 aliphatic heterocycles. The van der Waals surface area contributed by atoms with Gasteiger partial charge in [0, 0.05) is 23.9 Å². The van der Waals surface area contributed by atoms with E-state index in [1.165, 1.54) is 5.56 Å². The van der Waals surface area contributed by atoms with E-state index in [4.69, 9.17) is 4.74 Å². The second kappa shape index (κ2) is 5.42. The van der Waals surface area contributed by atoms with Gasteiger partial charge in [-0.3, -0.25) is 4.79 Å². The van der Waals surface area contributed by atoms with Gasteiger partial charge in [0.2, 0.25) is 5.91 Å². The summed E-state index contributed by atoms with van der Waals surface area (Å²) in [6.07, 6.45) is 3.76. The van der Waals surface area contributed by atoms with Crippen LogP contribution in [0.5, 0.6) is 5.75 Å². The van der Waals surface area contributed by atoms with Crippen LogP contribution in [0.4, 0.5) is 0 Å². The Bertz CT molecular complexity index is 424. The van der Waals surface area contributed by atoms with Gasteiger partial charge < -0.3 is 10.1 Å². The normalized spacial score (nSPS) is 16.1. The molecule has 0 spiro atoms. The van der Waals surface area contributed by atoms with Crippen molar-refractivity contribution in [3.05, 3.63) is 29.8 Å². The molecule has 0 unspecified atom stereocenters. The fourth-order valence-corrected chi connectivity index (χ4v) is 2.36. The van der Waals surface area contributed by atoms with E-state index in [1.54, 1.807) is 7.11 Å². The van der Waals surface area contributed by atoms with Crippen LogP contribution in [0.1, 0.15) is 38.2 Å². The molecule has 0 aromatic heterocycles. The Hall–Kier alpha value is -1.51. The first-order chi connectivity index (χ1) is 8.72. The number of carbonyl (C=O) groups is 1. The Kier molecular flexibility index (Phi) is 3.90. The molecule has 1 aromatic carbocycles. The Labute approximate surface area is 109 Å². The van der Waals surface area contributed by atoms with Crippen LogP contribution in [0.25, 0.3) is 0 Å². The van der Waals surface area contributed by atoms with Crippen molar-refractivity contribution in [1.82, 2.24) is 5.32 Å². The topological polar surface area (TPSA) is 38.3 Å². The number of ether oxygens (including phenoxy) is 1. The van der Waals surface area contributed by atoms with E-state index in [0.29, 0.717) is 6.42 Å². The molecule has 1 amide bonds. The predicted octanol–water partition coefficient (Wildman–Crippen LogP) is 2.64. The first kappa shape index (κ1) is 12.9. The molecule has 0 saturated heterocycles. The van der Waals surface area contributed by atoms with Gasteiger partial charge in [-0.2, -0.15) is 0 Å². The predicted molar refractivity (Wildman–Crippen MR) is 71.8 cm³/mol. The number of methoxy groups -OCH3 is 1. The van der Waals surface area contributed by atoms with Crippen molar-refractivity contribution >= 4 is 5.91 Å². The molecule has 0 heterocycles. The molecule has 0 radical (unpaired) electrons. The second-order valence-electron chi connectivity index (χ2n) is 5.01. The summed E-state index contributed by atoms with van der Waals surface area (Å²) in [7, 11) is 1.70. The van der Waals surface area contributed by atoms with E-state index in [9.17, 15) is 4.79 Å². The third-order valence-electron chi connectivity index (χ3n) is 3.63. The maximum Gasteiger partial charge on any atom is 0.220 e. The Balaban J connectivity index is 2.05. The SMILES string of the molecule is CCCC(=O)NCC1(c2ccccc2OC)CC1. The lowest BCUT2D eigenvalue weighted by Crippen LogP contribution is -2.32. The molecular formula is C15H21NO2. The Morgan fingerprint density at radius 3 is 2.72 bits per heavy atom. The first-order valence-corrected chi connectivity index (χ1v) is 6.62. The zero-order chi connectivity index (χ0) is 13.0. The van der Waals surface area contributed by atoms with Crippen LogP contribution < -0.4 is 10.1 Å². The molecule has 1 aliphatic rings. The lowest BCUT2D eigenvalue weighted by atomic mass is 9.95. The highest BCUT2D eigenvalue weighted by atomic mass is 16.5. The van der Waals surface area contributed by atoms with Gasteiger partial charge in [0.15, 0.2) is 0 Å². The summed E-state index contributed by atoms with van der Waals surface area (Å²) < 4.78 is 5.41. The number of nitrogens with one attached hydrogen (secondary N) is 1. The zero-order valence-electron chi connectivity index (χ0n) is 11.2. The van der Waals surface area contributed by atoms with Crippen LogP contribution in [0.15, 0.2) is 24.3 Å². The van der Waals surface area contributed by atoms with Crippen molar-refractivity contribution in [3.63, 3.8) is 0 Å². The fourth-order valence-electron chi connectivity index (χ4n) is 2.36. The highest BCUT2D eigenvalue weighted by Crippen LogP contribution is 2.50. The van der Waals surface area contributed by atoms with Crippen LogP contribution in [-0.4, -0.2) is 19.6 Å². The van der Waals surface area contributed by atoms with Crippen molar-refractivity contribution in [2.45, 2.75) is 38.0 Å². The lowest BCUT2D eigenvalue weighted by molar-refractivity contribution is -0.121. The molecular weight excluding hydrogens is 226 g/mol. The van der Waals surface area contributed by atoms with Gasteiger partial charge in [0.25, 0.3) is 0 Å². The van der Waals surface area contributed by atoms with Crippen molar-refractivity contribution < 1.29 is 9.53 Å². The third-order valence-corrected chi connectivity index (χ3v) is 3.63. The molecule has 3 nitrogen and oxygen atoms in total. The van der Waals surface area contributed by atoms with Crippen molar-refractivity contribution in [1.29, 1.82) is 0 Å². The lowest BCUT2D eigenvalue weighted by Gasteiger charge is -2.19.